The maximum Gasteiger partial charge on any atom is 0.339 e. The smallest absolute Gasteiger partial charge is 0.339 e. The number of rotatable bonds is 5. The fraction of sp³-hybridized carbons (Fsp3) is 0.308. The summed E-state index contributed by atoms with van der Waals surface area (Å²) >= 11 is 0. The summed E-state index contributed by atoms with van der Waals surface area (Å²) in [6.07, 6.45) is 0. The van der Waals surface area contributed by atoms with Gasteiger partial charge in [-0.25, -0.2) is 9.18 Å². The van der Waals surface area contributed by atoms with E-state index < -0.39 is 11.8 Å². The van der Waals surface area contributed by atoms with Gasteiger partial charge in [0.1, 0.15) is 17.1 Å². The lowest BCUT2D eigenvalue weighted by Gasteiger charge is -2.06. The van der Waals surface area contributed by atoms with E-state index in [9.17, 15) is 9.18 Å². The lowest BCUT2D eigenvalue weighted by molar-refractivity contribution is 0.0691. The predicted octanol–water partition coefficient (Wildman–Crippen LogP) is 2.61. The molecule has 0 aliphatic rings. The molecule has 20 heavy (non-hydrogen) atoms. The highest BCUT2D eigenvalue weighted by molar-refractivity contribution is 5.90. The van der Waals surface area contributed by atoms with E-state index in [2.05, 4.69) is 10.1 Å². The summed E-state index contributed by atoms with van der Waals surface area (Å²) in [7, 11) is 0. The first-order valence-electron chi connectivity index (χ1n) is 5.95. The van der Waals surface area contributed by atoms with Gasteiger partial charge in [-0.05, 0) is 18.2 Å². The van der Waals surface area contributed by atoms with Crippen molar-refractivity contribution in [3.8, 4) is 5.75 Å². The van der Waals surface area contributed by atoms with Crippen LogP contribution < -0.4 is 4.74 Å². The number of aromatic carboxylic acids is 1. The second kappa shape index (κ2) is 5.68. The van der Waals surface area contributed by atoms with Crippen LogP contribution in [-0.2, 0) is 6.61 Å². The number of hydrogen-bond acceptors (Lipinski definition) is 5. The normalized spacial score (nSPS) is 10.8. The molecule has 0 unspecified atom stereocenters. The zero-order valence-corrected chi connectivity index (χ0v) is 11.0. The Morgan fingerprint density at radius 3 is 2.85 bits per heavy atom. The minimum Gasteiger partial charge on any atom is -0.485 e. The fourth-order valence-electron chi connectivity index (χ4n) is 1.50. The van der Waals surface area contributed by atoms with Crippen LogP contribution in [0.5, 0.6) is 5.75 Å². The Morgan fingerprint density at radius 1 is 1.50 bits per heavy atom. The highest BCUT2D eigenvalue weighted by Gasteiger charge is 2.15. The quantitative estimate of drug-likeness (QED) is 0.906. The van der Waals surface area contributed by atoms with Gasteiger partial charge in [0.25, 0.3) is 0 Å². The topological polar surface area (TPSA) is 85.5 Å². The molecule has 1 N–H and O–H groups in total. The van der Waals surface area contributed by atoms with Gasteiger partial charge in [-0.1, -0.05) is 19.0 Å². The van der Waals surface area contributed by atoms with Crippen molar-refractivity contribution in [2.45, 2.75) is 26.4 Å². The predicted molar refractivity (Wildman–Crippen MR) is 66.1 cm³/mol. The molecule has 0 aliphatic heterocycles. The van der Waals surface area contributed by atoms with Crippen molar-refractivity contribution in [1.29, 1.82) is 0 Å². The molecule has 1 aromatic carbocycles. The first kappa shape index (κ1) is 14.0. The van der Waals surface area contributed by atoms with Crippen LogP contribution in [0.2, 0.25) is 0 Å². The van der Waals surface area contributed by atoms with Gasteiger partial charge >= 0.3 is 5.97 Å². The molecule has 2 rings (SSSR count). The summed E-state index contributed by atoms with van der Waals surface area (Å²) in [6.45, 7) is 3.75. The Morgan fingerprint density at radius 2 is 2.25 bits per heavy atom. The molecule has 6 nitrogen and oxygen atoms in total. The number of aromatic nitrogens is 2. The van der Waals surface area contributed by atoms with E-state index >= 15 is 0 Å². The van der Waals surface area contributed by atoms with E-state index in [1.54, 1.807) is 0 Å². The van der Waals surface area contributed by atoms with Crippen LogP contribution in [-0.4, -0.2) is 21.2 Å². The molecule has 0 saturated heterocycles. The molecule has 7 heteroatoms. The summed E-state index contributed by atoms with van der Waals surface area (Å²) in [5, 5.41) is 12.7. The van der Waals surface area contributed by atoms with Crippen LogP contribution in [0.3, 0.4) is 0 Å². The maximum atomic E-state index is 13.0. The Bertz CT molecular complexity index is 625. The Labute approximate surface area is 114 Å². The van der Waals surface area contributed by atoms with Crippen molar-refractivity contribution in [3.05, 3.63) is 41.3 Å². The third-order valence-electron chi connectivity index (χ3n) is 2.51. The van der Waals surface area contributed by atoms with Crippen molar-refractivity contribution < 1.29 is 23.6 Å². The number of benzene rings is 1. The van der Waals surface area contributed by atoms with E-state index in [1.807, 2.05) is 13.8 Å². The summed E-state index contributed by atoms with van der Waals surface area (Å²) in [5.74, 6) is -0.992. The lowest BCUT2D eigenvalue weighted by Crippen LogP contribution is -2.05. The van der Waals surface area contributed by atoms with Gasteiger partial charge in [0.15, 0.2) is 6.61 Å². The van der Waals surface area contributed by atoms with Gasteiger partial charge in [0.2, 0.25) is 11.7 Å². The van der Waals surface area contributed by atoms with E-state index in [-0.39, 0.29) is 23.8 Å². The third kappa shape index (κ3) is 3.11. The van der Waals surface area contributed by atoms with Crippen molar-refractivity contribution in [2.75, 3.05) is 0 Å². The SMILES string of the molecule is CC(C)c1nc(COc2ccc(F)cc2C(=O)O)no1. The molecule has 106 valence electrons. The standard InChI is InChI=1S/C13H13FN2O4/c1-7(2)12-15-11(16-20-12)6-19-10-4-3-8(14)5-9(10)13(17)18/h3-5,7H,6H2,1-2H3,(H,17,18). The summed E-state index contributed by atoms with van der Waals surface area (Å²) in [5.41, 5.74) is -0.252. The van der Waals surface area contributed by atoms with Gasteiger partial charge in [-0.3, -0.25) is 0 Å². The van der Waals surface area contributed by atoms with E-state index in [0.29, 0.717) is 11.7 Å². The van der Waals surface area contributed by atoms with Crippen LogP contribution in [0, 0.1) is 5.82 Å². The van der Waals surface area contributed by atoms with Crippen LogP contribution in [0.4, 0.5) is 4.39 Å². The number of carbonyl (C=O) groups is 1. The molecule has 0 atom stereocenters. The second-order valence-electron chi connectivity index (χ2n) is 4.44. The minimum absolute atomic E-state index is 0.0507. The molecule has 0 fully saturated rings. The van der Waals surface area contributed by atoms with Crippen LogP contribution in [0.1, 0.15) is 41.8 Å². The summed E-state index contributed by atoms with van der Waals surface area (Å²) in [6, 6.07) is 3.27. The first-order valence-corrected chi connectivity index (χ1v) is 5.95. The van der Waals surface area contributed by atoms with Crippen molar-refractivity contribution in [1.82, 2.24) is 10.1 Å². The number of ether oxygens (including phenoxy) is 1. The number of halogens is 1. The van der Waals surface area contributed by atoms with Gasteiger partial charge < -0.3 is 14.4 Å². The van der Waals surface area contributed by atoms with Crippen molar-refractivity contribution in [2.24, 2.45) is 0 Å². The summed E-state index contributed by atoms with van der Waals surface area (Å²) in [4.78, 5) is 15.1. The number of hydrogen-bond donors (Lipinski definition) is 1. The average molecular weight is 280 g/mol. The highest BCUT2D eigenvalue weighted by Crippen LogP contribution is 2.21. The second-order valence-corrected chi connectivity index (χ2v) is 4.44. The van der Waals surface area contributed by atoms with E-state index in [0.717, 1.165) is 12.1 Å². The lowest BCUT2D eigenvalue weighted by atomic mass is 10.2. The summed E-state index contributed by atoms with van der Waals surface area (Å²) < 4.78 is 23.3. The number of carboxylic acid groups (broad SMARTS) is 1. The largest absolute Gasteiger partial charge is 0.485 e. The van der Waals surface area contributed by atoms with Crippen LogP contribution in [0.25, 0.3) is 0 Å². The first-order chi connectivity index (χ1) is 9.47. The van der Waals surface area contributed by atoms with Crippen LogP contribution in [0.15, 0.2) is 22.7 Å². The average Bonchev–Trinajstić information content (AvgIpc) is 2.86. The van der Waals surface area contributed by atoms with Crippen LogP contribution >= 0.6 is 0 Å². The van der Waals surface area contributed by atoms with Crippen molar-refractivity contribution in [3.63, 3.8) is 0 Å². The van der Waals surface area contributed by atoms with Gasteiger partial charge in [0, 0.05) is 5.92 Å². The molecule has 1 heterocycles. The Kier molecular flexibility index (Phi) is 3.97. The molecule has 0 radical (unpaired) electrons. The van der Waals surface area contributed by atoms with Gasteiger partial charge in [0.05, 0.1) is 0 Å². The fourth-order valence-corrected chi connectivity index (χ4v) is 1.50. The third-order valence-corrected chi connectivity index (χ3v) is 2.51. The Balaban J connectivity index is 2.12. The zero-order chi connectivity index (χ0) is 14.7. The monoisotopic (exact) mass is 280 g/mol. The van der Waals surface area contributed by atoms with Crippen molar-refractivity contribution >= 4 is 5.97 Å². The van der Waals surface area contributed by atoms with E-state index in [4.69, 9.17) is 14.4 Å². The molecule has 0 amide bonds. The number of carboxylic acids is 1. The maximum absolute atomic E-state index is 13.0. The highest BCUT2D eigenvalue weighted by atomic mass is 19.1. The minimum atomic E-state index is -1.27. The molecule has 0 spiro atoms. The molecule has 0 bridgehead atoms. The molecule has 2 aromatic rings. The molecular weight excluding hydrogens is 267 g/mol. The molecular formula is C13H13FN2O4. The number of nitrogens with zero attached hydrogens (tertiary/aromatic N) is 2. The van der Waals surface area contributed by atoms with Gasteiger partial charge in [-0.2, -0.15) is 4.98 Å². The Hall–Kier alpha value is -2.44. The molecule has 1 aromatic heterocycles. The van der Waals surface area contributed by atoms with Gasteiger partial charge in [-0.15, -0.1) is 0 Å². The molecule has 0 aliphatic carbocycles. The molecule has 0 saturated carbocycles. The zero-order valence-electron chi connectivity index (χ0n) is 11.0. The van der Waals surface area contributed by atoms with E-state index in [1.165, 1.54) is 6.07 Å².